The van der Waals surface area contributed by atoms with Gasteiger partial charge in [0.05, 0.1) is 4.88 Å². The molecule has 4 nitrogen and oxygen atoms in total. The van der Waals surface area contributed by atoms with Crippen LogP contribution in [-0.2, 0) is 0 Å². The minimum Gasteiger partial charge on any atom is -0.477 e. The quantitative estimate of drug-likeness (QED) is 0.617. The lowest BCUT2D eigenvalue weighted by molar-refractivity contribution is 0.0702. The van der Waals surface area contributed by atoms with Crippen LogP contribution in [0.1, 0.15) is 32.7 Å². The van der Waals surface area contributed by atoms with E-state index in [9.17, 15) is 9.59 Å². The number of rotatable bonds is 4. The van der Waals surface area contributed by atoms with Crippen molar-refractivity contribution in [3.63, 3.8) is 0 Å². The van der Waals surface area contributed by atoms with Crippen molar-refractivity contribution >= 4 is 23.2 Å². The van der Waals surface area contributed by atoms with Gasteiger partial charge in [-0.05, 0) is 19.1 Å². The summed E-state index contributed by atoms with van der Waals surface area (Å²) in [4.78, 5) is 22.7. The first kappa shape index (κ1) is 12.3. The molecular formula is C11H11NO3S. The summed E-state index contributed by atoms with van der Waals surface area (Å²) < 4.78 is 0. The fourth-order valence-corrected chi connectivity index (χ4v) is 1.79. The summed E-state index contributed by atoms with van der Waals surface area (Å²) in [5.74, 6) is 4.28. The van der Waals surface area contributed by atoms with Gasteiger partial charge in [0, 0.05) is 13.0 Å². The second kappa shape index (κ2) is 5.93. The van der Waals surface area contributed by atoms with E-state index in [1.165, 1.54) is 12.1 Å². The fourth-order valence-electron chi connectivity index (χ4n) is 1.03. The van der Waals surface area contributed by atoms with Gasteiger partial charge in [-0.2, -0.15) is 0 Å². The van der Waals surface area contributed by atoms with Gasteiger partial charge in [-0.3, -0.25) is 4.79 Å². The van der Waals surface area contributed by atoms with E-state index in [4.69, 9.17) is 5.11 Å². The molecule has 5 heteroatoms. The highest BCUT2D eigenvalue weighted by Gasteiger charge is 2.11. The predicted octanol–water partition coefficient (Wildman–Crippen LogP) is 1.59. The zero-order valence-electron chi connectivity index (χ0n) is 8.74. The molecule has 16 heavy (non-hydrogen) atoms. The lowest BCUT2D eigenvalue weighted by Gasteiger charge is -1.98. The highest BCUT2D eigenvalue weighted by atomic mass is 32.1. The summed E-state index contributed by atoms with van der Waals surface area (Å²) in [6.45, 7) is 2.21. The van der Waals surface area contributed by atoms with Gasteiger partial charge in [-0.15, -0.1) is 23.2 Å². The van der Waals surface area contributed by atoms with Crippen LogP contribution >= 0.6 is 11.3 Å². The monoisotopic (exact) mass is 237 g/mol. The average molecular weight is 237 g/mol. The summed E-state index contributed by atoms with van der Waals surface area (Å²) in [6.07, 6.45) is 0.597. The number of amides is 1. The van der Waals surface area contributed by atoms with Crippen LogP contribution in [-0.4, -0.2) is 23.5 Å². The van der Waals surface area contributed by atoms with Crippen LogP contribution in [0.4, 0.5) is 0 Å². The van der Waals surface area contributed by atoms with E-state index in [2.05, 4.69) is 17.2 Å². The van der Waals surface area contributed by atoms with Crippen LogP contribution in [0.25, 0.3) is 0 Å². The third kappa shape index (κ3) is 3.41. The molecule has 1 heterocycles. The fraction of sp³-hybridized carbons (Fsp3) is 0.273. The number of hydrogen-bond acceptors (Lipinski definition) is 3. The molecule has 0 aliphatic heterocycles. The number of thiophene rings is 1. The molecule has 0 saturated carbocycles. The number of nitrogens with one attached hydrogen (secondary N) is 1. The van der Waals surface area contributed by atoms with Crippen LogP contribution in [0, 0.1) is 11.8 Å². The number of carboxylic acids is 1. The summed E-state index contributed by atoms with van der Waals surface area (Å²) in [7, 11) is 0. The maximum Gasteiger partial charge on any atom is 0.345 e. The predicted molar refractivity (Wildman–Crippen MR) is 61.7 cm³/mol. The lowest BCUT2D eigenvalue weighted by atomic mass is 10.4. The van der Waals surface area contributed by atoms with Crippen molar-refractivity contribution in [3.8, 4) is 11.8 Å². The Morgan fingerprint density at radius 2 is 2.12 bits per heavy atom. The smallest absolute Gasteiger partial charge is 0.345 e. The van der Waals surface area contributed by atoms with Crippen molar-refractivity contribution in [2.24, 2.45) is 0 Å². The molecule has 0 saturated heterocycles. The molecule has 0 aromatic carbocycles. The normalized spacial score (nSPS) is 9.06. The number of carboxylic acid groups (broad SMARTS) is 1. The number of carbonyl (C=O) groups excluding carboxylic acids is 1. The van der Waals surface area contributed by atoms with Gasteiger partial charge in [0.1, 0.15) is 4.88 Å². The molecule has 84 valence electrons. The van der Waals surface area contributed by atoms with Crippen molar-refractivity contribution in [3.05, 3.63) is 21.9 Å². The molecule has 0 radical (unpaired) electrons. The van der Waals surface area contributed by atoms with Gasteiger partial charge < -0.3 is 10.4 Å². The molecule has 1 aromatic rings. The Balaban J connectivity index is 2.51. The van der Waals surface area contributed by atoms with Gasteiger partial charge >= 0.3 is 5.97 Å². The van der Waals surface area contributed by atoms with Gasteiger partial charge in [-0.25, -0.2) is 4.79 Å². The highest BCUT2D eigenvalue weighted by Crippen LogP contribution is 2.15. The maximum atomic E-state index is 11.5. The molecule has 0 spiro atoms. The van der Waals surface area contributed by atoms with E-state index in [0.29, 0.717) is 17.8 Å². The van der Waals surface area contributed by atoms with Crippen molar-refractivity contribution in [2.75, 3.05) is 6.54 Å². The van der Waals surface area contributed by atoms with Crippen LogP contribution in [0.2, 0.25) is 0 Å². The van der Waals surface area contributed by atoms with E-state index in [1.54, 1.807) is 6.92 Å². The molecule has 0 aliphatic carbocycles. The Kier molecular flexibility index (Phi) is 4.55. The zero-order chi connectivity index (χ0) is 12.0. The topological polar surface area (TPSA) is 66.4 Å². The second-order valence-corrected chi connectivity index (χ2v) is 3.99. The third-order valence-electron chi connectivity index (χ3n) is 1.75. The van der Waals surface area contributed by atoms with Gasteiger partial charge in [-0.1, -0.05) is 0 Å². The first-order valence-corrected chi connectivity index (χ1v) is 5.47. The van der Waals surface area contributed by atoms with Crippen molar-refractivity contribution < 1.29 is 14.7 Å². The van der Waals surface area contributed by atoms with E-state index in [1.807, 2.05) is 0 Å². The molecule has 2 N–H and O–H groups in total. The molecule has 0 unspecified atom stereocenters. The number of aromatic carboxylic acids is 1. The molecule has 1 aromatic heterocycles. The summed E-state index contributed by atoms with van der Waals surface area (Å²) in [6, 6.07) is 2.93. The van der Waals surface area contributed by atoms with Crippen molar-refractivity contribution in [1.82, 2.24) is 5.32 Å². The largest absolute Gasteiger partial charge is 0.477 e. The highest BCUT2D eigenvalue weighted by molar-refractivity contribution is 7.15. The third-order valence-corrected chi connectivity index (χ3v) is 2.82. The molecule has 0 bridgehead atoms. The standard InChI is InChI=1S/C11H11NO3S/c1-2-3-4-7-12-10(13)8-5-6-9(16-8)11(14)15/h5-6H,4,7H2,1H3,(H,12,13)(H,14,15). The minimum atomic E-state index is -1.01. The molecule has 1 amide bonds. The molecule has 1 rings (SSSR count). The number of hydrogen-bond donors (Lipinski definition) is 2. The van der Waals surface area contributed by atoms with Gasteiger partial charge in [0.2, 0.25) is 0 Å². The average Bonchev–Trinajstić information content (AvgIpc) is 2.73. The minimum absolute atomic E-state index is 0.165. The first-order valence-electron chi connectivity index (χ1n) is 4.66. The lowest BCUT2D eigenvalue weighted by Crippen LogP contribution is -2.23. The number of carbonyl (C=O) groups is 2. The van der Waals surface area contributed by atoms with E-state index >= 15 is 0 Å². The Morgan fingerprint density at radius 3 is 2.69 bits per heavy atom. The van der Waals surface area contributed by atoms with Gasteiger partial charge in [0.15, 0.2) is 0 Å². The summed E-state index contributed by atoms with van der Waals surface area (Å²) in [5, 5.41) is 11.3. The van der Waals surface area contributed by atoms with E-state index < -0.39 is 5.97 Å². The molecular weight excluding hydrogens is 226 g/mol. The SMILES string of the molecule is CC#CCCNC(=O)c1ccc(C(=O)O)s1. The second-order valence-electron chi connectivity index (χ2n) is 2.90. The first-order chi connectivity index (χ1) is 7.65. The Labute approximate surface area is 97.3 Å². The van der Waals surface area contributed by atoms with E-state index in [-0.39, 0.29) is 10.8 Å². The Morgan fingerprint density at radius 1 is 1.44 bits per heavy atom. The van der Waals surface area contributed by atoms with Gasteiger partial charge in [0.25, 0.3) is 5.91 Å². The molecule has 0 atom stereocenters. The van der Waals surface area contributed by atoms with Crippen LogP contribution in [0.3, 0.4) is 0 Å². The zero-order valence-corrected chi connectivity index (χ0v) is 9.56. The van der Waals surface area contributed by atoms with Crippen LogP contribution in [0.15, 0.2) is 12.1 Å². The summed E-state index contributed by atoms with van der Waals surface area (Å²) >= 11 is 0.965. The van der Waals surface area contributed by atoms with Crippen LogP contribution in [0.5, 0.6) is 0 Å². The molecule has 0 aliphatic rings. The maximum absolute atomic E-state index is 11.5. The van der Waals surface area contributed by atoms with Crippen LogP contribution < -0.4 is 5.32 Å². The Bertz CT molecular complexity index is 453. The van der Waals surface area contributed by atoms with Crippen molar-refractivity contribution in [1.29, 1.82) is 0 Å². The van der Waals surface area contributed by atoms with E-state index in [0.717, 1.165) is 11.3 Å². The molecule has 0 fully saturated rings. The Hall–Kier alpha value is -1.80. The van der Waals surface area contributed by atoms with Crippen molar-refractivity contribution in [2.45, 2.75) is 13.3 Å². The summed E-state index contributed by atoms with van der Waals surface area (Å²) in [5.41, 5.74) is 0.